The van der Waals surface area contributed by atoms with E-state index >= 15 is 0 Å². The first-order chi connectivity index (χ1) is 3.72. The third kappa shape index (κ3) is 2.21. The molecule has 0 aromatic heterocycles. The van der Waals surface area contributed by atoms with Crippen LogP contribution in [0.25, 0.3) is 0 Å². The molecule has 8 heavy (non-hydrogen) atoms. The van der Waals surface area contributed by atoms with E-state index in [1.165, 1.54) is 11.8 Å². The van der Waals surface area contributed by atoms with Crippen LogP contribution >= 0.6 is 11.8 Å². The molecule has 0 aromatic carbocycles. The lowest BCUT2D eigenvalue weighted by molar-refractivity contribution is -0.136. The number of hydrogen-bond acceptors (Lipinski definition) is 2. The first-order valence-corrected chi connectivity index (χ1v) is 3.76. The average Bonchev–Trinajstić information content (AvgIpc) is 1.69. The SMILES string of the molecule is CCC(SC)C(=O)O. The molecular weight excluding hydrogens is 124 g/mol. The van der Waals surface area contributed by atoms with Gasteiger partial charge in [-0.05, 0) is 12.7 Å². The zero-order valence-electron chi connectivity index (χ0n) is 5.05. The fraction of sp³-hybridized carbons (Fsp3) is 0.800. The van der Waals surface area contributed by atoms with Crippen molar-refractivity contribution < 1.29 is 9.90 Å². The van der Waals surface area contributed by atoms with Gasteiger partial charge in [0, 0.05) is 0 Å². The largest absolute Gasteiger partial charge is 0.480 e. The molecule has 0 aromatic rings. The number of carboxylic acids is 1. The third-order valence-electron chi connectivity index (χ3n) is 0.931. The normalized spacial score (nSPS) is 13.2. The molecule has 3 heteroatoms. The minimum atomic E-state index is -0.708. The predicted molar refractivity (Wildman–Crippen MR) is 35.2 cm³/mol. The highest BCUT2D eigenvalue weighted by molar-refractivity contribution is 7.99. The number of carboxylic acid groups (broad SMARTS) is 1. The second kappa shape index (κ2) is 3.78. The maximum Gasteiger partial charge on any atom is 0.316 e. The van der Waals surface area contributed by atoms with Crippen molar-refractivity contribution in [1.82, 2.24) is 0 Å². The van der Waals surface area contributed by atoms with E-state index in [9.17, 15) is 4.79 Å². The van der Waals surface area contributed by atoms with Crippen LogP contribution in [0.15, 0.2) is 0 Å². The Balaban J connectivity index is 3.52. The van der Waals surface area contributed by atoms with E-state index in [0.29, 0.717) is 6.42 Å². The number of carbonyl (C=O) groups is 1. The van der Waals surface area contributed by atoms with Crippen LogP contribution in [0.4, 0.5) is 0 Å². The maximum absolute atomic E-state index is 10.1. The Bertz CT molecular complexity index is 78.5. The van der Waals surface area contributed by atoms with Gasteiger partial charge in [-0.15, -0.1) is 0 Å². The van der Waals surface area contributed by atoms with Crippen molar-refractivity contribution in [2.24, 2.45) is 0 Å². The molecule has 0 radical (unpaired) electrons. The summed E-state index contributed by atoms with van der Waals surface area (Å²) < 4.78 is 0. The van der Waals surface area contributed by atoms with Crippen LogP contribution in [0.1, 0.15) is 13.3 Å². The van der Waals surface area contributed by atoms with Crippen molar-refractivity contribution >= 4 is 17.7 Å². The van der Waals surface area contributed by atoms with Gasteiger partial charge in [0.2, 0.25) is 0 Å². The minimum Gasteiger partial charge on any atom is -0.480 e. The Morgan fingerprint density at radius 3 is 2.38 bits per heavy atom. The Morgan fingerprint density at radius 2 is 2.38 bits per heavy atom. The monoisotopic (exact) mass is 134 g/mol. The lowest BCUT2D eigenvalue weighted by Crippen LogP contribution is -2.13. The van der Waals surface area contributed by atoms with Gasteiger partial charge >= 0.3 is 5.97 Å². The molecule has 1 unspecified atom stereocenters. The molecule has 0 fully saturated rings. The molecule has 0 spiro atoms. The molecule has 0 saturated carbocycles. The van der Waals surface area contributed by atoms with Crippen LogP contribution in [0.3, 0.4) is 0 Å². The smallest absolute Gasteiger partial charge is 0.316 e. The zero-order chi connectivity index (χ0) is 6.57. The first-order valence-electron chi connectivity index (χ1n) is 2.48. The van der Waals surface area contributed by atoms with Gasteiger partial charge in [0.25, 0.3) is 0 Å². The van der Waals surface area contributed by atoms with E-state index in [-0.39, 0.29) is 5.25 Å². The van der Waals surface area contributed by atoms with Crippen molar-refractivity contribution in [3.63, 3.8) is 0 Å². The third-order valence-corrected chi connectivity index (χ3v) is 2.03. The van der Waals surface area contributed by atoms with Crippen molar-refractivity contribution in [1.29, 1.82) is 0 Å². The second-order valence-corrected chi connectivity index (χ2v) is 2.51. The predicted octanol–water partition coefficient (Wildman–Crippen LogP) is 1.21. The molecule has 0 rings (SSSR count). The maximum atomic E-state index is 10.1. The Labute approximate surface area is 53.3 Å². The summed E-state index contributed by atoms with van der Waals surface area (Å²) in [6, 6.07) is 0. The molecule has 0 aliphatic rings. The summed E-state index contributed by atoms with van der Waals surface area (Å²) in [5.41, 5.74) is 0. The summed E-state index contributed by atoms with van der Waals surface area (Å²) >= 11 is 1.38. The molecule has 0 heterocycles. The van der Waals surface area contributed by atoms with Crippen LogP contribution in [0.5, 0.6) is 0 Å². The fourth-order valence-corrected chi connectivity index (χ4v) is 0.977. The van der Waals surface area contributed by atoms with Crippen LogP contribution in [-0.4, -0.2) is 22.6 Å². The Hall–Kier alpha value is -0.180. The summed E-state index contributed by atoms with van der Waals surface area (Å²) in [6.45, 7) is 1.87. The van der Waals surface area contributed by atoms with Crippen molar-refractivity contribution in [2.45, 2.75) is 18.6 Å². The second-order valence-electron chi connectivity index (χ2n) is 1.47. The zero-order valence-corrected chi connectivity index (χ0v) is 5.86. The topological polar surface area (TPSA) is 37.3 Å². The van der Waals surface area contributed by atoms with E-state index in [0.717, 1.165) is 0 Å². The van der Waals surface area contributed by atoms with Gasteiger partial charge in [-0.2, -0.15) is 11.8 Å². The quantitative estimate of drug-likeness (QED) is 0.630. The first kappa shape index (κ1) is 7.82. The van der Waals surface area contributed by atoms with Crippen LogP contribution in [0, 0.1) is 0 Å². The molecule has 48 valence electrons. The van der Waals surface area contributed by atoms with E-state index in [4.69, 9.17) is 5.11 Å². The van der Waals surface area contributed by atoms with E-state index in [1.54, 1.807) is 0 Å². The van der Waals surface area contributed by atoms with Crippen molar-refractivity contribution in [2.75, 3.05) is 6.26 Å². The molecule has 1 atom stereocenters. The van der Waals surface area contributed by atoms with E-state index in [1.807, 2.05) is 13.2 Å². The van der Waals surface area contributed by atoms with Crippen LogP contribution < -0.4 is 0 Å². The lowest BCUT2D eigenvalue weighted by Gasteiger charge is -2.02. The average molecular weight is 134 g/mol. The highest BCUT2D eigenvalue weighted by Gasteiger charge is 2.11. The summed E-state index contributed by atoms with van der Waals surface area (Å²) in [5.74, 6) is -0.708. The van der Waals surface area contributed by atoms with Gasteiger partial charge in [0.1, 0.15) is 5.25 Å². The Kier molecular flexibility index (Phi) is 3.69. The minimum absolute atomic E-state index is 0.213. The molecule has 0 saturated heterocycles. The van der Waals surface area contributed by atoms with Crippen molar-refractivity contribution in [3.8, 4) is 0 Å². The molecule has 0 bridgehead atoms. The lowest BCUT2D eigenvalue weighted by atomic mass is 10.3. The Morgan fingerprint density at radius 1 is 1.88 bits per heavy atom. The van der Waals surface area contributed by atoms with Gasteiger partial charge in [0.15, 0.2) is 0 Å². The molecule has 0 aliphatic heterocycles. The molecular formula is C5H10O2S. The summed E-state index contributed by atoms with van der Waals surface area (Å²) in [5, 5.41) is 8.14. The summed E-state index contributed by atoms with van der Waals surface area (Å²) in [7, 11) is 0. The standard InChI is InChI=1S/C5H10O2S/c1-3-4(8-2)5(6)7/h4H,3H2,1-2H3,(H,6,7). The molecule has 0 aliphatic carbocycles. The molecule has 2 nitrogen and oxygen atoms in total. The number of thioether (sulfide) groups is 1. The molecule has 0 amide bonds. The number of hydrogen-bond donors (Lipinski definition) is 1. The van der Waals surface area contributed by atoms with E-state index < -0.39 is 5.97 Å². The van der Waals surface area contributed by atoms with Crippen LogP contribution in [-0.2, 0) is 4.79 Å². The van der Waals surface area contributed by atoms with E-state index in [2.05, 4.69) is 0 Å². The number of rotatable bonds is 3. The number of aliphatic carboxylic acids is 1. The van der Waals surface area contributed by atoms with Crippen molar-refractivity contribution in [3.05, 3.63) is 0 Å². The van der Waals surface area contributed by atoms with Gasteiger partial charge in [-0.1, -0.05) is 6.92 Å². The summed E-state index contributed by atoms with van der Waals surface area (Å²) in [6.07, 6.45) is 2.51. The van der Waals surface area contributed by atoms with Gasteiger partial charge in [-0.25, -0.2) is 0 Å². The highest BCUT2D eigenvalue weighted by Crippen LogP contribution is 2.09. The van der Waals surface area contributed by atoms with Gasteiger partial charge < -0.3 is 5.11 Å². The van der Waals surface area contributed by atoms with Gasteiger partial charge in [-0.3, -0.25) is 4.79 Å². The van der Waals surface area contributed by atoms with Crippen LogP contribution in [0.2, 0.25) is 0 Å². The van der Waals surface area contributed by atoms with Gasteiger partial charge in [0.05, 0.1) is 0 Å². The highest BCUT2D eigenvalue weighted by atomic mass is 32.2. The summed E-state index contributed by atoms with van der Waals surface area (Å²) in [4.78, 5) is 10.1. The molecule has 1 N–H and O–H groups in total. The fourth-order valence-electron chi connectivity index (χ4n) is 0.442.